The van der Waals surface area contributed by atoms with E-state index < -0.39 is 0 Å². The number of fused-ring (bicyclic) bond motifs is 8. The molecule has 10 rings (SSSR count). The maximum absolute atomic E-state index is 7.21. The largest absolute Gasteiger partial charge is 0.456 e. The summed E-state index contributed by atoms with van der Waals surface area (Å²) >= 11 is 0. The number of benzene rings is 9. The van der Waals surface area contributed by atoms with Gasteiger partial charge >= 0.3 is 0 Å². The third-order valence-electron chi connectivity index (χ3n) is 13.2. The van der Waals surface area contributed by atoms with Gasteiger partial charge in [0.25, 0.3) is 0 Å². The maximum atomic E-state index is 7.21. The molecule has 0 aliphatic carbocycles. The van der Waals surface area contributed by atoms with Crippen LogP contribution in [0.25, 0.3) is 98.4 Å². The molecule has 0 bridgehead atoms. The minimum atomic E-state index is -0.148. The standard InChI is InChI=1S/C46H9B19O/c47-26-17-15(14-9-10-5-1-2-6-11(10)12-7-3-4-8-13(12)14)18-20(29(50)41(62)39(60)27(18)48)16(19(17)28(49)40(61)38(26)59)21-30(51)32(53)22(33(54)31(21)52)23-34(55)37(58)35(56)24-25-36(57)42(63)43(64)44(65)46(25)66-45(23)24/h1-9H. The van der Waals surface area contributed by atoms with Crippen molar-refractivity contribution in [2.24, 2.45) is 0 Å². The van der Waals surface area contributed by atoms with E-state index in [0.29, 0.717) is 21.9 Å². The van der Waals surface area contributed by atoms with Gasteiger partial charge < -0.3 is 4.42 Å². The molecule has 256 valence electrons. The molecule has 0 aliphatic heterocycles. The predicted molar refractivity (Wildman–Crippen MR) is 302 cm³/mol. The molecular weight excluding hydrogens is 774 g/mol. The predicted octanol–water partition coefficient (Wildman–Crippen LogP) is -9.72. The Hall–Kier alpha value is -4.95. The summed E-state index contributed by atoms with van der Waals surface area (Å²) in [6.45, 7) is 0. The molecule has 1 heterocycles. The molecule has 0 amide bonds. The smallest absolute Gasteiger partial charge is 0.141 e. The van der Waals surface area contributed by atoms with Crippen molar-refractivity contribution in [1.29, 1.82) is 0 Å². The summed E-state index contributed by atoms with van der Waals surface area (Å²) in [5, 5.41) is 5.10. The first-order valence-corrected chi connectivity index (χ1v) is 20.1. The van der Waals surface area contributed by atoms with Crippen molar-refractivity contribution in [2.45, 2.75) is 0 Å². The Morgan fingerprint density at radius 2 is 0.576 bits per heavy atom. The van der Waals surface area contributed by atoms with Crippen molar-refractivity contribution in [3.63, 3.8) is 0 Å². The maximum Gasteiger partial charge on any atom is 0.141 e. The molecular formula is C46H9B19O. The summed E-state index contributed by atoms with van der Waals surface area (Å²) in [4.78, 5) is 0. The van der Waals surface area contributed by atoms with Crippen LogP contribution in [0.5, 0.6) is 0 Å². The Morgan fingerprint density at radius 1 is 0.242 bits per heavy atom. The van der Waals surface area contributed by atoms with Crippen molar-refractivity contribution < 1.29 is 4.42 Å². The van der Waals surface area contributed by atoms with Gasteiger partial charge in [-0.2, -0.15) is 0 Å². The van der Waals surface area contributed by atoms with E-state index in [1.165, 1.54) is 0 Å². The molecule has 1 nitrogen and oxygen atoms in total. The topological polar surface area (TPSA) is 13.1 Å². The summed E-state index contributed by atoms with van der Waals surface area (Å²) < 4.78 is 6.38. The highest BCUT2D eigenvalue weighted by molar-refractivity contribution is 6.74. The van der Waals surface area contributed by atoms with E-state index in [4.69, 9.17) is 153 Å². The van der Waals surface area contributed by atoms with Crippen molar-refractivity contribution in [2.75, 3.05) is 0 Å². The van der Waals surface area contributed by atoms with Crippen LogP contribution in [-0.4, -0.2) is 149 Å². The van der Waals surface area contributed by atoms with Crippen molar-refractivity contribution in [3.05, 3.63) is 54.6 Å². The molecule has 0 saturated heterocycles. The van der Waals surface area contributed by atoms with E-state index in [9.17, 15) is 0 Å². The van der Waals surface area contributed by atoms with E-state index in [1.54, 1.807) is 0 Å². The Morgan fingerprint density at radius 3 is 1.06 bits per heavy atom. The van der Waals surface area contributed by atoms with Gasteiger partial charge in [-0.3, -0.25) is 0 Å². The first-order chi connectivity index (χ1) is 31.2. The molecule has 0 spiro atoms. The van der Waals surface area contributed by atoms with Crippen LogP contribution < -0.4 is 104 Å². The molecule has 10 aromatic rings. The summed E-state index contributed by atoms with van der Waals surface area (Å²) in [6, 6.07) is 17.8. The lowest BCUT2D eigenvalue weighted by Gasteiger charge is -2.32. The summed E-state index contributed by atoms with van der Waals surface area (Å²) in [5.41, 5.74) is 0.704. The van der Waals surface area contributed by atoms with Gasteiger partial charge in [-0.25, -0.2) is 0 Å². The second-order valence-corrected chi connectivity index (χ2v) is 16.4. The Kier molecular flexibility index (Phi) is 10.6. The van der Waals surface area contributed by atoms with Crippen LogP contribution in [0, 0.1) is 0 Å². The van der Waals surface area contributed by atoms with Gasteiger partial charge in [0.15, 0.2) is 0 Å². The van der Waals surface area contributed by atoms with Crippen LogP contribution in [0.3, 0.4) is 0 Å². The highest BCUT2D eigenvalue weighted by Gasteiger charge is 2.30. The van der Waals surface area contributed by atoms with Crippen LogP contribution in [0.1, 0.15) is 0 Å². The summed E-state index contributed by atoms with van der Waals surface area (Å²) in [5.74, 6) is 0. The van der Waals surface area contributed by atoms with Crippen LogP contribution in [0.4, 0.5) is 0 Å². The van der Waals surface area contributed by atoms with Crippen molar-refractivity contribution in [1.82, 2.24) is 0 Å². The van der Waals surface area contributed by atoms with Crippen LogP contribution in [-0.2, 0) is 0 Å². The van der Waals surface area contributed by atoms with Gasteiger partial charge in [0.1, 0.15) is 160 Å². The van der Waals surface area contributed by atoms with Crippen LogP contribution in [0.2, 0.25) is 0 Å². The fraction of sp³-hybridized carbons (Fsp3) is 0. The quantitative estimate of drug-likeness (QED) is 0.0988. The average molecular weight is 783 g/mol. The zero-order chi connectivity index (χ0) is 47.4. The van der Waals surface area contributed by atoms with E-state index >= 15 is 0 Å². The van der Waals surface area contributed by atoms with E-state index in [-0.39, 0.29) is 159 Å². The first-order valence-electron chi connectivity index (χ1n) is 20.1. The van der Waals surface area contributed by atoms with Crippen LogP contribution >= 0.6 is 0 Å². The number of hydrogen-bond acceptors (Lipinski definition) is 1. The molecule has 0 N–H and O–H groups in total. The molecule has 20 heteroatoms. The highest BCUT2D eigenvalue weighted by Crippen LogP contribution is 2.44. The molecule has 0 fully saturated rings. The fourth-order valence-electron chi connectivity index (χ4n) is 9.74. The number of furan rings is 1. The van der Waals surface area contributed by atoms with Gasteiger partial charge in [0.2, 0.25) is 0 Å². The third kappa shape index (κ3) is 5.81. The van der Waals surface area contributed by atoms with Crippen LogP contribution in [0.15, 0.2) is 59.0 Å². The fourth-order valence-corrected chi connectivity index (χ4v) is 9.74. The lowest BCUT2D eigenvalue weighted by Crippen LogP contribution is -2.51. The molecule has 0 unspecified atom stereocenters. The summed E-state index contributed by atoms with van der Waals surface area (Å²) in [6.07, 6.45) is 0. The molecule has 38 radical (unpaired) electrons. The van der Waals surface area contributed by atoms with Crippen molar-refractivity contribution in [3.8, 4) is 33.4 Å². The second kappa shape index (κ2) is 15.5. The third-order valence-corrected chi connectivity index (χ3v) is 13.2. The minimum absolute atomic E-state index is 0.000189. The Balaban J connectivity index is 1.43. The number of hydrogen-bond donors (Lipinski definition) is 0. The van der Waals surface area contributed by atoms with Gasteiger partial charge in [-0.05, 0) is 77.0 Å². The van der Waals surface area contributed by atoms with Crippen molar-refractivity contribution >= 4 is 318 Å². The van der Waals surface area contributed by atoms with E-state index in [1.807, 2.05) is 54.6 Å². The monoisotopic (exact) mass is 786 g/mol. The lowest BCUT2D eigenvalue weighted by molar-refractivity contribution is 0.673. The number of rotatable bonds is 3. The normalized spacial score (nSPS) is 11.9. The second-order valence-electron chi connectivity index (χ2n) is 16.4. The SMILES string of the molecule is [B]c1c([B])c(-c2c3c([B])c([B])c([B])c([B])c3c(-c3cc4ccccc4c4ccccc34)c3c([B])c([B])c([B])c([B])c23)c([B])c([B])c1-c1c([B])c([B])c([B])c2c1oc1c([B])c([B])c([B])c([B])c12. The molecule has 66 heavy (non-hydrogen) atoms. The Bertz CT molecular complexity index is 3820. The van der Waals surface area contributed by atoms with Gasteiger partial charge in [0, 0.05) is 16.3 Å². The van der Waals surface area contributed by atoms with E-state index in [2.05, 4.69) is 0 Å². The minimum Gasteiger partial charge on any atom is -0.456 e. The summed E-state index contributed by atoms with van der Waals surface area (Å²) in [7, 11) is 129. The zero-order valence-corrected chi connectivity index (χ0v) is 35.1. The lowest BCUT2D eigenvalue weighted by atomic mass is 9.56. The van der Waals surface area contributed by atoms with Gasteiger partial charge in [-0.1, -0.05) is 114 Å². The Labute approximate surface area is 407 Å². The average Bonchev–Trinajstić information content (AvgIpc) is 3.72. The van der Waals surface area contributed by atoms with Gasteiger partial charge in [-0.15, -0.1) is 38.2 Å². The zero-order valence-electron chi connectivity index (χ0n) is 35.1. The molecule has 1 aromatic heterocycles. The van der Waals surface area contributed by atoms with E-state index in [0.717, 1.165) is 21.5 Å². The molecule has 9 aromatic carbocycles. The van der Waals surface area contributed by atoms with Gasteiger partial charge in [0.05, 0.1) is 0 Å². The molecule has 0 aliphatic rings. The highest BCUT2D eigenvalue weighted by atomic mass is 16.3. The molecule has 0 atom stereocenters. The molecule has 0 saturated carbocycles. The first kappa shape index (κ1) is 44.9.